The summed E-state index contributed by atoms with van der Waals surface area (Å²) in [7, 11) is 0. The Kier molecular flexibility index (Phi) is 4.27. The van der Waals surface area contributed by atoms with E-state index in [9.17, 15) is 4.79 Å². The molecule has 0 bridgehead atoms. The van der Waals surface area contributed by atoms with Crippen LogP contribution in [0.4, 0.5) is 5.69 Å². The van der Waals surface area contributed by atoms with Gasteiger partial charge in [-0.05, 0) is 47.5 Å². The Bertz CT molecular complexity index is 624. The molecule has 0 saturated heterocycles. The van der Waals surface area contributed by atoms with E-state index >= 15 is 0 Å². The van der Waals surface area contributed by atoms with Gasteiger partial charge < -0.3 is 9.88 Å². The zero-order valence-corrected chi connectivity index (χ0v) is 12.9. The molecule has 0 unspecified atom stereocenters. The fraction of sp³-hybridized carbons (Fsp3) is 0.231. The normalized spacial score (nSPS) is 10.5. The lowest BCUT2D eigenvalue weighted by Crippen LogP contribution is -2.16. The molecule has 2 aromatic rings. The van der Waals surface area contributed by atoms with Crippen LogP contribution >= 0.6 is 27.5 Å². The first kappa shape index (κ1) is 14.1. The molecule has 0 radical (unpaired) electrons. The van der Waals surface area contributed by atoms with Crippen molar-refractivity contribution >= 4 is 39.1 Å². The monoisotopic (exact) mass is 341 g/mol. The lowest BCUT2D eigenvalue weighted by molar-refractivity contribution is 0.101. The van der Waals surface area contributed by atoms with Crippen LogP contribution in [0.1, 0.15) is 23.0 Å². The van der Waals surface area contributed by atoms with Gasteiger partial charge in [0.1, 0.15) is 10.3 Å². The molecule has 0 atom stereocenters. The zero-order valence-electron chi connectivity index (χ0n) is 10.6. The number of anilines is 1. The van der Waals surface area contributed by atoms with E-state index in [4.69, 9.17) is 11.6 Å². The Balaban J connectivity index is 2.22. The fourth-order valence-electron chi connectivity index (χ4n) is 1.75. The summed E-state index contributed by atoms with van der Waals surface area (Å²) in [6.07, 6.45) is 3.34. The van der Waals surface area contributed by atoms with Crippen LogP contribution < -0.4 is 5.32 Å². The number of aryl methyl sites for hydroxylation is 2. The number of halogens is 2. The number of nitrogens with one attached hydrogen (secondary N) is 1. The van der Waals surface area contributed by atoms with Crippen molar-refractivity contribution in [3.05, 3.63) is 45.4 Å². The first-order chi connectivity index (χ1) is 9.01. The quantitative estimate of drug-likeness (QED) is 0.861. The second kappa shape index (κ2) is 5.75. The number of carbonyl (C=O) groups excluding carboxylic acids is 1. The van der Waals surface area contributed by atoms with Crippen molar-refractivity contribution in [1.82, 2.24) is 9.55 Å². The molecule has 2 heterocycles. The molecule has 0 spiro atoms. The first-order valence-corrected chi connectivity index (χ1v) is 6.97. The van der Waals surface area contributed by atoms with Gasteiger partial charge in [-0.15, -0.1) is 0 Å². The average molecular weight is 343 g/mol. The summed E-state index contributed by atoms with van der Waals surface area (Å²) in [5.74, 6) is -0.197. The van der Waals surface area contributed by atoms with Crippen molar-refractivity contribution in [3.63, 3.8) is 0 Å². The average Bonchev–Trinajstić information content (AvgIpc) is 2.75. The third-order valence-corrected chi connectivity index (χ3v) is 3.75. The molecule has 0 aromatic carbocycles. The van der Waals surface area contributed by atoms with E-state index in [-0.39, 0.29) is 5.91 Å². The summed E-state index contributed by atoms with van der Waals surface area (Å²) >= 11 is 9.24. The maximum atomic E-state index is 12.2. The molecule has 0 fully saturated rings. The molecular weight excluding hydrogens is 330 g/mol. The highest BCUT2D eigenvalue weighted by molar-refractivity contribution is 9.10. The van der Waals surface area contributed by atoms with Crippen LogP contribution in [0.2, 0.25) is 5.02 Å². The fourth-order valence-corrected chi connectivity index (χ4v) is 2.19. The molecule has 6 heteroatoms. The number of hydrogen-bond donors (Lipinski definition) is 1. The summed E-state index contributed by atoms with van der Waals surface area (Å²) in [5, 5.41) is 3.37. The van der Waals surface area contributed by atoms with Crippen molar-refractivity contribution in [1.29, 1.82) is 0 Å². The maximum Gasteiger partial charge on any atom is 0.272 e. The number of rotatable bonds is 3. The van der Waals surface area contributed by atoms with Crippen LogP contribution in [0, 0.1) is 6.92 Å². The van der Waals surface area contributed by atoms with Gasteiger partial charge in [0.2, 0.25) is 0 Å². The smallest absolute Gasteiger partial charge is 0.272 e. The molecule has 0 aliphatic carbocycles. The third kappa shape index (κ3) is 3.16. The van der Waals surface area contributed by atoms with Crippen molar-refractivity contribution in [3.8, 4) is 0 Å². The Morgan fingerprint density at radius 2 is 2.26 bits per heavy atom. The molecular formula is C13H13BrClN3O. The van der Waals surface area contributed by atoms with E-state index in [2.05, 4.69) is 26.2 Å². The Hall–Kier alpha value is -1.33. The van der Waals surface area contributed by atoms with Crippen LogP contribution in [-0.4, -0.2) is 15.5 Å². The van der Waals surface area contributed by atoms with Crippen LogP contribution in [0.25, 0.3) is 0 Å². The summed E-state index contributed by atoms with van der Waals surface area (Å²) in [5.41, 5.74) is 2.15. The van der Waals surface area contributed by atoms with Crippen LogP contribution in [0.15, 0.2) is 29.1 Å². The summed E-state index contributed by atoms with van der Waals surface area (Å²) in [4.78, 5) is 16.3. The predicted molar refractivity (Wildman–Crippen MR) is 79.7 cm³/mol. The van der Waals surface area contributed by atoms with Crippen molar-refractivity contribution in [2.24, 2.45) is 0 Å². The van der Waals surface area contributed by atoms with Crippen molar-refractivity contribution < 1.29 is 4.79 Å². The number of amides is 1. The Morgan fingerprint density at radius 3 is 2.89 bits per heavy atom. The second-order valence-corrected chi connectivity index (χ2v) is 5.30. The summed E-state index contributed by atoms with van der Waals surface area (Å²) in [6, 6.07) is 3.51. The van der Waals surface area contributed by atoms with Gasteiger partial charge in [0.15, 0.2) is 0 Å². The van der Waals surface area contributed by atoms with Crippen molar-refractivity contribution in [2.75, 3.05) is 5.32 Å². The number of carbonyl (C=O) groups is 1. The maximum absolute atomic E-state index is 12.2. The molecule has 19 heavy (non-hydrogen) atoms. The molecule has 0 saturated carbocycles. The Morgan fingerprint density at radius 1 is 1.53 bits per heavy atom. The summed E-state index contributed by atoms with van der Waals surface area (Å²) in [6.45, 7) is 4.56. The number of pyridine rings is 1. The molecule has 100 valence electrons. The van der Waals surface area contributed by atoms with E-state index in [1.165, 1.54) is 0 Å². The summed E-state index contributed by atoms with van der Waals surface area (Å²) < 4.78 is 2.57. The van der Waals surface area contributed by atoms with Gasteiger partial charge in [0, 0.05) is 12.7 Å². The lowest BCUT2D eigenvalue weighted by atomic mass is 10.3. The molecule has 1 amide bonds. The van der Waals surface area contributed by atoms with Gasteiger partial charge in [-0.25, -0.2) is 4.98 Å². The lowest BCUT2D eigenvalue weighted by Gasteiger charge is -2.08. The predicted octanol–water partition coefficient (Wildman–Crippen LogP) is 3.88. The molecule has 1 N–H and O–H groups in total. The highest BCUT2D eigenvalue weighted by atomic mass is 79.9. The van der Waals surface area contributed by atoms with Gasteiger partial charge in [-0.1, -0.05) is 11.6 Å². The molecule has 4 nitrogen and oxygen atoms in total. The minimum Gasteiger partial charge on any atom is -0.342 e. The molecule has 0 aliphatic rings. The van der Waals surface area contributed by atoms with Gasteiger partial charge in [0.25, 0.3) is 5.91 Å². The molecule has 0 aliphatic heterocycles. The number of nitrogens with zero attached hydrogens (tertiary/aromatic N) is 2. The second-order valence-electron chi connectivity index (χ2n) is 4.12. The van der Waals surface area contributed by atoms with E-state index in [1.54, 1.807) is 23.0 Å². The SMILES string of the molecule is CCn1cc(Cl)cc1C(=O)Nc1cnc(Br)c(C)c1. The van der Waals surface area contributed by atoms with E-state index in [0.29, 0.717) is 22.9 Å². The third-order valence-electron chi connectivity index (χ3n) is 2.71. The molecule has 2 aromatic heterocycles. The topological polar surface area (TPSA) is 46.9 Å². The van der Waals surface area contributed by atoms with Gasteiger partial charge in [0.05, 0.1) is 16.9 Å². The van der Waals surface area contributed by atoms with Crippen LogP contribution in [0.3, 0.4) is 0 Å². The van der Waals surface area contributed by atoms with E-state index < -0.39 is 0 Å². The van der Waals surface area contributed by atoms with Gasteiger partial charge >= 0.3 is 0 Å². The highest BCUT2D eigenvalue weighted by Gasteiger charge is 2.13. The van der Waals surface area contributed by atoms with Crippen LogP contribution in [-0.2, 0) is 6.54 Å². The standard InChI is InChI=1S/C13H13BrClN3O/c1-3-18-7-9(15)5-11(18)13(19)17-10-4-8(2)12(14)16-6-10/h4-7H,3H2,1-2H3,(H,17,19). The minimum atomic E-state index is -0.197. The molecule has 2 rings (SSSR count). The van der Waals surface area contributed by atoms with E-state index in [1.807, 2.05) is 19.9 Å². The highest BCUT2D eigenvalue weighted by Crippen LogP contribution is 2.19. The first-order valence-electron chi connectivity index (χ1n) is 5.80. The van der Waals surface area contributed by atoms with Gasteiger partial charge in [-0.3, -0.25) is 4.79 Å². The minimum absolute atomic E-state index is 0.197. The van der Waals surface area contributed by atoms with Crippen molar-refractivity contribution in [2.45, 2.75) is 20.4 Å². The largest absolute Gasteiger partial charge is 0.342 e. The van der Waals surface area contributed by atoms with Gasteiger partial charge in [-0.2, -0.15) is 0 Å². The Labute approximate surface area is 124 Å². The zero-order chi connectivity index (χ0) is 14.0. The van der Waals surface area contributed by atoms with E-state index in [0.717, 1.165) is 10.2 Å². The number of hydrogen-bond acceptors (Lipinski definition) is 2. The van der Waals surface area contributed by atoms with Crippen LogP contribution in [0.5, 0.6) is 0 Å². The number of aromatic nitrogens is 2.